The van der Waals surface area contributed by atoms with Crippen LogP contribution in [0, 0.1) is 5.92 Å². The fourth-order valence-corrected chi connectivity index (χ4v) is 1.71. The second-order valence-electron chi connectivity index (χ2n) is 5.04. The number of hydrogen-bond donors (Lipinski definition) is 2. The van der Waals surface area contributed by atoms with Crippen LogP contribution < -0.4 is 5.32 Å². The maximum absolute atomic E-state index is 9.20. The van der Waals surface area contributed by atoms with E-state index in [0.29, 0.717) is 5.92 Å². The molecule has 3 heteroatoms. The summed E-state index contributed by atoms with van der Waals surface area (Å²) in [6.07, 6.45) is 4.41. The molecule has 0 amide bonds. The largest absolute Gasteiger partial charge is 0.394 e. The van der Waals surface area contributed by atoms with Gasteiger partial charge < -0.3 is 15.2 Å². The fourth-order valence-electron chi connectivity index (χ4n) is 1.71. The minimum absolute atomic E-state index is 0.154. The Bertz CT molecular complexity index is 158. The first kappa shape index (κ1) is 15.9. The molecule has 0 heterocycles. The van der Waals surface area contributed by atoms with Gasteiger partial charge in [-0.25, -0.2) is 0 Å². The van der Waals surface area contributed by atoms with E-state index in [1.807, 2.05) is 14.0 Å². The van der Waals surface area contributed by atoms with Crippen LogP contribution in [0.1, 0.15) is 46.5 Å². The van der Waals surface area contributed by atoms with E-state index < -0.39 is 0 Å². The van der Waals surface area contributed by atoms with Crippen LogP contribution >= 0.6 is 0 Å². The molecule has 0 bridgehead atoms. The van der Waals surface area contributed by atoms with Gasteiger partial charge in [-0.3, -0.25) is 0 Å². The zero-order chi connectivity index (χ0) is 12.4. The standard InChI is InChI=1S/C13H29NO2/c1-5-7-12(2)10-16-9-6-8-13(3,11-15)14-4/h12,14-15H,5-11H2,1-4H3. The number of likely N-dealkylation sites (N-methyl/N-ethyl adjacent to an activating group) is 1. The molecule has 3 nitrogen and oxygen atoms in total. The predicted octanol–water partition coefficient (Wildman–Crippen LogP) is 2.19. The lowest BCUT2D eigenvalue weighted by molar-refractivity contribution is 0.0879. The van der Waals surface area contributed by atoms with Crippen molar-refractivity contribution in [2.24, 2.45) is 5.92 Å². The Morgan fingerprint density at radius 2 is 2.12 bits per heavy atom. The normalized spacial score (nSPS) is 17.1. The molecule has 0 aromatic heterocycles. The summed E-state index contributed by atoms with van der Waals surface area (Å²) in [7, 11) is 1.89. The van der Waals surface area contributed by atoms with E-state index in [-0.39, 0.29) is 12.1 Å². The van der Waals surface area contributed by atoms with Crippen LogP contribution in [0.3, 0.4) is 0 Å². The number of aliphatic hydroxyl groups excluding tert-OH is 1. The van der Waals surface area contributed by atoms with Gasteiger partial charge in [0.1, 0.15) is 0 Å². The second-order valence-corrected chi connectivity index (χ2v) is 5.04. The highest BCUT2D eigenvalue weighted by Crippen LogP contribution is 2.11. The van der Waals surface area contributed by atoms with Gasteiger partial charge in [-0.05, 0) is 39.2 Å². The van der Waals surface area contributed by atoms with E-state index in [9.17, 15) is 5.11 Å². The number of hydrogen-bond acceptors (Lipinski definition) is 3. The average molecular weight is 231 g/mol. The number of nitrogens with one attached hydrogen (secondary N) is 1. The smallest absolute Gasteiger partial charge is 0.0610 e. The van der Waals surface area contributed by atoms with Crippen molar-refractivity contribution in [3.8, 4) is 0 Å². The van der Waals surface area contributed by atoms with Crippen LogP contribution in [-0.2, 0) is 4.74 Å². The Kier molecular flexibility index (Phi) is 8.90. The first-order valence-electron chi connectivity index (χ1n) is 6.45. The molecule has 0 rings (SSSR count). The fraction of sp³-hybridized carbons (Fsp3) is 1.00. The summed E-state index contributed by atoms with van der Waals surface area (Å²) in [5.41, 5.74) is -0.154. The van der Waals surface area contributed by atoms with Crippen molar-refractivity contribution in [3.05, 3.63) is 0 Å². The third-order valence-corrected chi connectivity index (χ3v) is 3.15. The van der Waals surface area contributed by atoms with Gasteiger partial charge >= 0.3 is 0 Å². The van der Waals surface area contributed by atoms with Crippen molar-refractivity contribution in [1.82, 2.24) is 5.32 Å². The molecular formula is C13H29NO2. The SMILES string of the molecule is CCCC(C)COCCCC(C)(CO)NC. The zero-order valence-electron chi connectivity index (χ0n) is 11.4. The van der Waals surface area contributed by atoms with Crippen molar-refractivity contribution in [2.45, 2.75) is 52.0 Å². The van der Waals surface area contributed by atoms with E-state index in [4.69, 9.17) is 4.74 Å². The van der Waals surface area contributed by atoms with E-state index in [1.165, 1.54) is 12.8 Å². The summed E-state index contributed by atoms with van der Waals surface area (Å²) in [5.74, 6) is 0.665. The molecule has 0 aliphatic rings. The predicted molar refractivity (Wildman–Crippen MR) is 68.7 cm³/mol. The molecule has 2 atom stereocenters. The molecule has 2 N–H and O–H groups in total. The van der Waals surface area contributed by atoms with Crippen LogP contribution in [0.5, 0.6) is 0 Å². The molecule has 0 fully saturated rings. The Labute approximate surface area is 101 Å². The molecule has 0 aromatic carbocycles. The summed E-state index contributed by atoms with van der Waals surface area (Å²) in [4.78, 5) is 0. The third-order valence-electron chi connectivity index (χ3n) is 3.15. The molecule has 0 spiro atoms. The summed E-state index contributed by atoms with van der Waals surface area (Å²) in [5, 5.41) is 12.3. The molecule has 0 radical (unpaired) electrons. The Morgan fingerprint density at radius 1 is 1.44 bits per heavy atom. The summed E-state index contributed by atoms with van der Waals surface area (Å²) in [6.45, 7) is 8.31. The number of aliphatic hydroxyl groups is 1. The van der Waals surface area contributed by atoms with Crippen molar-refractivity contribution >= 4 is 0 Å². The Morgan fingerprint density at radius 3 is 2.62 bits per heavy atom. The summed E-state index contributed by atoms with van der Waals surface area (Å²) >= 11 is 0. The van der Waals surface area contributed by atoms with E-state index >= 15 is 0 Å². The quantitative estimate of drug-likeness (QED) is 0.566. The topological polar surface area (TPSA) is 41.5 Å². The minimum Gasteiger partial charge on any atom is -0.394 e. The maximum atomic E-state index is 9.20. The van der Waals surface area contributed by atoms with Gasteiger partial charge in [-0.2, -0.15) is 0 Å². The Balaban J connectivity index is 3.46. The molecular weight excluding hydrogens is 202 g/mol. The van der Waals surface area contributed by atoms with Crippen LogP contribution in [0.25, 0.3) is 0 Å². The van der Waals surface area contributed by atoms with Gasteiger partial charge in [0.05, 0.1) is 6.61 Å². The monoisotopic (exact) mass is 231 g/mol. The van der Waals surface area contributed by atoms with Gasteiger partial charge in [0, 0.05) is 18.8 Å². The lowest BCUT2D eigenvalue weighted by atomic mass is 9.97. The molecule has 0 saturated heterocycles. The molecule has 2 unspecified atom stereocenters. The Hall–Kier alpha value is -0.120. The average Bonchev–Trinajstić information content (AvgIpc) is 2.28. The van der Waals surface area contributed by atoms with E-state index in [1.54, 1.807) is 0 Å². The molecule has 98 valence electrons. The summed E-state index contributed by atoms with van der Waals surface area (Å²) in [6, 6.07) is 0. The van der Waals surface area contributed by atoms with E-state index in [2.05, 4.69) is 19.2 Å². The van der Waals surface area contributed by atoms with Gasteiger partial charge in [-0.15, -0.1) is 0 Å². The van der Waals surface area contributed by atoms with Gasteiger partial charge in [0.15, 0.2) is 0 Å². The third kappa shape index (κ3) is 7.20. The number of ether oxygens (including phenoxy) is 1. The molecule has 0 aliphatic carbocycles. The lowest BCUT2D eigenvalue weighted by Crippen LogP contribution is -2.43. The van der Waals surface area contributed by atoms with Crippen molar-refractivity contribution in [3.63, 3.8) is 0 Å². The molecule has 0 aliphatic heterocycles. The van der Waals surface area contributed by atoms with E-state index in [0.717, 1.165) is 26.1 Å². The van der Waals surface area contributed by atoms with Crippen LogP contribution in [0.2, 0.25) is 0 Å². The highest BCUT2D eigenvalue weighted by atomic mass is 16.5. The first-order valence-corrected chi connectivity index (χ1v) is 6.45. The number of rotatable bonds is 10. The van der Waals surface area contributed by atoms with Crippen LogP contribution in [-0.4, -0.2) is 37.5 Å². The summed E-state index contributed by atoms with van der Waals surface area (Å²) < 4.78 is 5.62. The van der Waals surface area contributed by atoms with Crippen molar-refractivity contribution in [2.75, 3.05) is 26.9 Å². The van der Waals surface area contributed by atoms with Crippen LogP contribution in [0.4, 0.5) is 0 Å². The molecule has 0 saturated carbocycles. The van der Waals surface area contributed by atoms with Crippen molar-refractivity contribution < 1.29 is 9.84 Å². The van der Waals surface area contributed by atoms with Crippen molar-refractivity contribution in [1.29, 1.82) is 0 Å². The molecule has 16 heavy (non-hydrogen) atoms. The first-order chi connectivity index (χ1) is 7.58. The van der Waals surface area contributed by atoms with Crippen LogP contribution in [0.15, 0.2) is 0 Å². The highest BCUT2D eigenvalue weighted by Gasteiger charge is 2.19. The maximum Gasteiger partial charge on any atom is 0.0610 e. The van der Waals surface area contributed by atoms with Gasteiger partial charge in [-0.1, -0.05) is 20.3 Å². The second kappa shape index (κ2) is 8.97. The van der Waals surface area contributed by atoms with Gasteiger partial charge in [0.2, 0.25) is 0 Å². The minimum atomic E-state index is -0.154. The zero-order valence-corrected chi connectivity index (χ0v) is 11.4. The van der Waals surface area contributed by atoms with Gasteiger partial charge in [0.25, 0.3) is 0 Å². The highest BCUT2D eigenvalue weighted by molar-refractivity contribution is 4.79. The molecule has 0 aromatic rings. The lowest BCUT2D eigenvalue weighted by Gasteiger charge is -2.26.